The molecule has 5 rings (SSSR count). The van der Waals surface area contributed by atoms with Crippen LogP contribution >= 0.6 is 0 Å². The van der Waals surface area contributed by atoms with Gasteiger partial charge in [0.05, 0.1) is 11.5 Å². The molecule has 154 valence electrons. The normalized spacial score (nSPS) is 34.0. The van der Waals surface area contributed by atoms with E-state index in [-0.39, 0.29) is 5.41 Å². The van der Waals surface area contributed by atoms with Gasteiger partial charge in [-0.25, -0.2) is 4.99 Å². The number of aromatic nitrogens is 1. The van der Waals surface area contributed by atoms with Crippen molar-refractivity contribution in [2.45, 2.75) is 49.6 Å². The van der Waals surface area contributed by atoms with E-state index in [0.717, 1.165) is 31.2 Å². The van der Waals surface area contributed by atoms with E-state index in [0.29, 0.717) is 18.0 Å². The van der Waals surface area contributed by atoms with Gasteiger partial charge in [-0.3, -0.25) is 4.98 Å². The Balaban J connectivity index is 1.70. The van der Waals surface area contributed by atoms with Crippen molar-refractivity contribution < 1.29 is 9.47 Å². The Labute approximate surface area is 180 Å². The van der Waals surface area contributed by atoms with Crippen molar-refractivity contribution in [1.82, 2.24) is 4.98 Å². The summed E-state index contributed by atoms with van der Waals surface area (Å²) in [6.45, 7) is 2.31. The third kappa shape index (κ3) is 2.54. The molecule has 5 nitrogen and oxygen atoms in total. The molecule has 2 heterocycles. The monoisotopic (exact) mass is 401 g/mol. The molecule has 1 fully saturated rings. The van der Waals surface area contributed by atoms with Crippen LogP contribution < -0.4 is 5.73 Å². The summed E-state index contributed by atoms with van der Waals surface area (Å²) in [5, 5.41) is -0.515. The van der Waals surface area contributed by atoms with Crippen molar-refractivity contribution in [3.05, 3.63) is 53.9 Å². The van der Waals surface area contributed by atoms with Gasteiger partial charge in [0.25, 0.3) is 6.02 Å². The lowest BCUT2D eigenvalue weighted by molar-refractivity contribution is -0.0559. The first-order chi connectivity index (χ1) is 14.3. The van der Waals surface area contributed by atoms with Gasteiger partial charge in [0.15, 0.2) is 15.7 Å². The van der Waals surface area contributed by atoms with Crippen molar-refractivity contribution in [2.75, 3.05) is 7.11 Å². The fourth-order valence-corrected chi connectivity index (χ4v) is 6.76. The summed E-state index contributed by atoms with van der Waals surface area (Å²) in [6.07, 6.45) is 8.13. The minimum Gasteiger partial charge on any atom is -0.475 e. The Morgan fingerprint density at radius 2 is 1.93 bits per heavy atom. The van der Waals surface area contributed by atoms with Crippen molar-refractivity contribution in [3.8, 4) is 11.1 Å². The summed E-state index contributed by atoms with van der Waals surface area (Å²) < 4.78 is 12.0. The predicted octanol–water partition coefficient (Wildman–Crippen LogP) is 1.59. The molecule has 0 saturated heterocycles. The zero-order chi connectivity index (χ0) is 21.1. The van der Waals surface area contributed by atoms with Gasteiger partial charge < -0.3 is 15.2 Å². The second-order valence-corrected chi connectivity index (χ2v) is 9.83. The van der Waals surface area contributed by atoms with Crippen molar-refractivity contribution in [3.63, 3.8) is 0 Å². The molecule has 4 atom stereocenters. The number of aliphatic imine (C=N–C) groups is 1. The van der Waals surface area contributed by atoms with Gasteiger partial charge >= 0.3 is 0 Å². The molecule has 0 bridgehead atoms. The maximum Gasteiger partial charge on any atom is 0.282 e. The summed E-state index contributed by atoms with van der Waals surface area (Å²) in [7, 11) is 6.14. The van der Waals surface area contributed by atoms with Gasteiger partial charge in [-0.2, -0.15) is 0 Å². The molecule has 30 heavy (non-hydrogen) atoms. The van der Waals surface area contributed by atoms with Gasteiger partial charge in [-0.15, -0.1) is 0 Å². The summed E-state index contributed by atoms with van der Waals surface area (Å²) in [4.78, 5) is 9.30. The molecule has 2 aliphatic carbocycles. The number of pyridine rings is 1. The fraction of sp³-hybridized carbons (Fsp3) is 0.478. The highest BCUT2D eigenvalue weighted by Crippen LogP contribution is 2.65. The van der Waals surface area contributed by atoms with Crippen LogP contribution in [0, 0.1) is 11.3 Å². The van der Waals surface area contributed by atoms with Crippen molar-refractivity contribution in [2.24, 2.45) is 22.1 Å². The van der Waals surface area contributed by atoms with E-state index in [9.17, 15) is 0 Å². The number of ether oxygens (including phenoxy) is 2. The molecule has 2 aromatic rings. The maximum absolute atomic E-state index is 6.24. The molecule has 0 unspecified atom stereocenters. The molecular weight excluding hydrogens is 372 g/mol. The van der Waals surface area contributed by atoms with Crippen LogP contribution in [0.3, 0.4) is 0 Å². The van der Waals surface area contributed by atoms with Crippen molar-refractivity contribution in [1.29, 1.82) is 0 Å². The molecule has 3 aliphatic rings. The highest BCUT2D eigenvalue weighted by atomic mass is 16.5. The molecule has 1 aromatic carbocycles. The lowest BCUT2D eigenvalue weighted by Crippen LogP contribution is -2.60. The number of methoxy groups -OCH3 is 1. The third-order valence-electron chi connectivity index (χ3n) is 7.88. The van der Waals surface area contributed by atoms with Crippen LogP contribution in [0.25, 0.3) is 11.1 Å². The number of amidine groups is 1. The van der Waals surface area contributed by atoms with E-state index >= 15 is 0 Å². The zero-order valence-electron chi connectivity index (χ0n) is 18.3. The standard InChI is InChI=1S/C23H29B2N3O2/c1-14-12-21(8-5-19(14)29-2)13-17-4-3-16(15-6-9-27-10-7-15)11-18(17)22(21)23(24,25)30-20(26)28-22/h3-4,6-7,9-11,14,19H,5,8,12-13,24-25H2,1-2H3,(H2,26,28)/t14-,19-,21-,22-/m0/s1. The fourth-order valence-electron chi connectivity index (χ4n) is 6.76. The molecule has 1 aliphatic heterocycles. The van der Waals surface area contributed by atoms with E-state index < -0.39 is 10.9 Å². The lowest BCUT2D eigenvalue weighted by Gasteiger charge is -2.53. The van der Waals surface area contributed by atoms with E-state index in [4.69, 9.17) is 20.2 Å². The van der Waals surface area contributed by atoms with Gasteiger partial charge in [-0.05, 0) is 72.1 Å². The van der Waals surface area contributed by atoms with Crippen LogP contribution in [0.5, 0.6) is 0 Å². The molecular formula is C23H29B2N3O2. The smallest absolute Gasteiger partial charge is 0.282 e. The van der Waals surface area contributed by atoms with Gasteiger partial charge in [0, 0.05) is 24.9 Å². The lowest BCUT2D eigenvalue weighted by atomic mass is 9.44. The first kappa shape index (κ1) is 19.7. The van der Waals surface area contributed by atoms with Crippen LogP contribution in [-0.2, 0) is 21.4 Å². The van der Waals surface area contributed by atoms with Crippen LogP contribution in [0.2, 0.25) is 0 Å². The molecule has 1 saturated carbocycles. The topological polar surface area (TPSA) is 69.7 Å². The molecule has 0 amide bonds. The molecule has 2 spiro atoms. The second-order valence-electron chi connectivity index (χ2n) is 9.83. The average molecular weight is 401 g/mol. The molecule has 1 aromatic heterocycles. The number of nitrogens with two attached hydrogens (primary N) is 1. The first-order valence-electron chi connectivity index (χ1n) is 10.9. The zero-order valence-corrected chi connectivity index (χ0v) is 18.3. The highest BCUT2D eigenvalue weighted by Gasteiger charge is 2.68. The summed E-state index contributed by atoms with van der Waals surface area (Å²) in [5.74, 6) is 0.461. The number of benzene rings is 1. The minimum atomic E-state index is -0.515. The second kappa shape index (κ2) is 6.61. The van der Waals surface area contributed by atoms with E-state index in [1.54, 1.807) is 0 Å². The Hall–Kier alpha value is -2.27. The Morgan fingerprint density at radius 1 is 1.17 bits per heavy atom. The summed E-state index contributed by atoms with van der Waals surface area (Å²) >= 11 is 0. The Bertz CT molecular complexity index is 1010. The Morgan fingerprint density at radius 3 is 2.57 bits per heavy atom. The van der Waals surface area contributed by atoms with Gasteiger partial charge in [0.2, 0.25) is 0 Å². The quantitative estimate of drug-likeness (QED) is 0.777. The van der Waals surface area contributed by atoms with Crippen molar-refractivity contribution >= 4 is 21.7 Å². The highest BCUT2D eigenvalue weighted by molar-refractivity contribution is 6.41. The van der Waals surface area contributed by atoms with Crippen LogP contribution in [0.1, 0.15) is 37.3 Å². The summed E-state index contributed by atoms with van der Waals surface area (Å²) in [5.41, 5.74) is 10.7. The predicted molar refractivity (Wildman–Crippen MR) is 124 cm³/mol. The largest absolute Gasteiger partial charge is 0.475 e. The third-order valence-corrected chi connectivity index (χ3v) is 7.88. The number of hydrogen-bond donors (Lipinski definition) is 1. The molecule has 0 radical (unpaired) electrons. The van der Waals surface area contributed by atoms with Gasteiger partial charge in [-0.1, -0.05) is 19.1 Å². The van der Waals surface area contributed by atoms with E-state index in [1.807, 2.05) is 19.5 Å². The average Bonchev–Trinajstić information content (AvgIpc) is 3.13. The first-order valence-corrected chi connectivity index (χ1v) is 10.9. The van der Waals surface area contributed by atoms with Crippen LogP contribution in [0.4, 0.5) is 0 Å². The Kier molecular flexibility index (Phi) is 4.34. The van der Waals surface area contributed by atoms with Crippen LogP contribution in [0.15, 0.2) is 47.7 Å². The summed E-state index contributed by atoms with van der Waals surface area (Å²) in [6, 6.07) is 11.2. The number of fused-ring (bicyclic) bond motifs is 3. The SMILES string of the molecule is BC1(B)OC(N)=N[C@]12c1cc(-c3ccncc3)ccc1C[C@@]21CC[C@H](OC)[C@@H](C)C1. The van der Waals surface area contributed by atoms with Crippen LogP contribution in [-0.4, -0.2) is 45.3 Å². The van der Waals surface area contributed by atoms with E-state index in [2.05, 4.69) is 57.9 Å². The number of nitrogens with zero attached hydrogens (tertiary/aromatic N) is 2. The maximum atomic E-state index is 6.24. The van der Waals surface area contributed by atoms with Gasteiger partial charge in [0.1, 0.15) is 5.54 Å². The molecule has 7 heteroatoms. The minimum absolute atomic E-state index is 0.0226. The molecule has 2 N–H and O–H groups in total. The van der Waals surface area contributed by atoms with E-state index in [1.165, 1.54) is 16.7 Å². The number of hydrogen-bond acceptors (Lipinski definition) is 5. The number of rotatable bonds is 2.